The third-order valence-electron chi connectivity index (χ3n) is 4.01. The molecule has 80 valence electrons. The first-order valence-corrected chi connectivity index (χ1v) is 6.17. The maximum Gasteiger partial charge on any atom is 0.00955 e. The highest BCUT2D eigenvalue weighted by atomic mass is 15.2. The Morgan fingerprint density at radius 2 is 1.86 bits per heavy atom. The summed E-state index contributed by atoms with van der Waals surface area (Å²) in [5.41, 5.74) is 1.39. The van der Waals surface area contributed by atoms with Crippen LogP contribution in [0, 0.1) is 5.92 Å². The predicted molar refractivity (Wildman–Crippen MR) is 61.4 cm³/mol. The molecule has 0 N–H and O–H groups in total. The molecule has 0 aromatic rings. The number of likely N-dealkylation sites (tertiary alicyclic amines) is 1. The summed E-state index contributed by atoms with van der Waals surface area (Å²) < 4.78 is 0. The van der Waals surface area contributed by atoms with Crippen molar-refractivity contribution in [3.05, 3.63) is 12.2 Å². The first-order chi connectivity index (χ1) is 6.77. The van der Waals surface area contributed by atoms with Gasteiger partial charge in [0, 0.05) is 12.6 Å². The van der Waals surface area contributed by atoms with Crippen LogP contribution < -0.4 is 0 Å². The predicted octanol–water partition coefficient (Wildman–Crippen LogP) is 3.22. The molecule has 1 nitrogen and oxygen atoms in total. The maximum absolute atomic E-state index is 4.09. The van der Waals surface area contributed by atoms with Crippen LogP contribution in [0.4, 0.5) is 0 Å². The van der Waals surface area contributed by atoms with Crippen LogP contribution in [0.1, 0.15) is 45.4 Å². The van der Waals surface area contributed by atoms with E-state index in [1.165, 1.54) is 57.2 Å². The number of hydrogen-bond donors (Lipinski definition) is 0. The van der Waals surface area contributed by atoms with Crippen molar-refractivity contribution in [3.63, 3.8) is 0 Å². The molecule has 1 aliphatic heterocycles. The van der Waals surface area contributed by atoms with E-state index in [-0.39, 0.29) is 0 Å². The Morgan fingerprint density at radius 1 is 1.14 bits per heavy atom. The first-order valence-electron chi connectivity index (χ1n) is 6.17. The Labute approximate surface area is 88.2 Å². The summed E-state index contributed by atoms with van der Waals surface area (Å²) >= 11 is 0. The number of hydrogen-bond acceptors (Lipinski definition) is 1. The first kappa shape index (κ1) is 10.2. The molecule has 2 aliphatic rings. The summed E-state index contributed by atoms with van der Waals surface area (Å²) in [6, 6.07) is 0.910. The minimum atomic E-state index is 0.789. The molecule has 0 amide bonds. The van der Waals surface area contributed by atoms with E-state index < -0.39 is 0 Å². The van der Waals surface area contributed by atoms with Gasteiger partial charge in [0.15, 0.2) is 0 Å². The second-order valence-electron chi connectivity index (χ2n) is 5.12. The van der Waals surface area contributed by atoms with Gasteiger partial charge >= 0.3 is 0 Å². The fraction of sp³-hybridized carbons (Fsp3) is 0.846. The van der Waals surface area contributed by atoms with Gasteiger partial charge in [0.2, 0.25) is 0 Å². The van der Waals surface area contributed by atoms with E-state index >= 15 is 0 Å². The van der Waals surface area contributed by atoms with Crippen LogP contribution in [-0.4, -0.2) is 24.0 Å². The Kier molecular flexibility index (Phi) is 3.27. The normalized spacial score (nSPS) is 30.8. The zero-order valence-corrected chi connectivity index (χ0v) is 9.47. The highest BCUT2D eigenvalue weighted by Gasteiger charge is 2.28. The van der Waals surface area contributed by atoms with Gasteiger partial charge in [-0.2, -0.15) is 0 Å². The molecule has 14 heavy (non-hydrogen) atoms. The Balaban J connectivity index is 1.85. The third kappa shape index (κ3) is 2.20. The molecule has 2 fully saturated rings. The summed E-state index contributed by atoms with van der Waals surface area (Å²) in [7, 11) is 0. The molecule has 0 bridgehead atoms. The van der Waals surface area contributed by atoms with Crippen LogP contribution >= 0.6 is 0 Å². The van der Waals surface area contributed by atoms with E-state index in [1.807, 2.05) is 0 Å². The SMILES string of the molecule is C=C(C)C1CCN(C2CCCCC2)C1. The highest BCUT2D eigenvalue weighted by molar-refractivity contribution is 5.01. The second kappa shape index (κ2) is 4.48. The van der Waals surface area contributed by atoms with Crippen molar-refractivity contribution in [2.45, 2.75) is 51.5 Å². The van der Waals surface area contributed by atoms with E-state index in [0.717, 1.165) is 12.0 Å². The summed E-state index contributed by atoms with van der Waals surface area (Å²) in [6.07, 6.45) is 8.63. The molecule has 0 spiro atoms. The van der Waals surface area contributed by atoms with Crippen LogP contribution in [0.5, 0.6) is 0 Å². The minimum Gasteiger partial charge on any atom is -0.300 e. The molecule has 0 aromatic carbocycles. The quantitative estimate of drug-likeness (QED) is 0.609. The molecule has 1 unspecified atom stereocenters. The molecule has 2 rings (SSSR count). The zero-order valence-electron chi connectivity index (χ0n) is 9.47. The zero-order chi connectivity index (χ0) is 9.97. The van der Waals surface area contributed by atoms with Gasteiger partial charge < -0.3 is 0 Å². The average Bonchev–Trinajstić information content (AvgIpc) is 2.68. The molecule has 1 aliphatic carbocycles. The molecule has 1 atom stereocenters. The molecular formula is C13H23N. The summed E-state index contributed by atoms with van der Waals surface area (Å²) in [5, 5.41) is 0. The van der Waals surface area contributed by atoms with Crippen LogP contribution in [0.25, 0.3) is 0 Å². The van der Waals surface area contributed by atoms with Gasteiger partial charge in [-0.1, -0.05) is 31.4 Å². The maximum atomic E-state index is 4.09. The lowest BCUT2D eigenvalue weighted by atomic mass is 9.94. The Hall–Kier alpha value is -0.300. The van der Waals surface area contributed by atoms with Gasteiger partial charge in [-0.25, -0.2) is 0 Å². The van der Waals surface area contributed by atoms with Crippen LogP contribution in [0.3, 0.4) is 0 Å². The van der Waals surface area contributed by atoms with Gasteiger partial charge in [-0.05, 0) is 38.6 Å². The molecule has 1 heteroatoms. The van der Waals surface area contributed by atoms with E-state index in [2.05, 4.69) is 18.4 Å². The smallest absolute Gasteiger partial charge is 0.00955 e. The van der Waals surface area contributed by atoms with Gasteiger partial charge in [-0.15, -0.1) is 0 Å². The second-order valence-corrected chi connectivity index (χ2v) is 5.12. The number of rotatable bonds is 2. The van der Waals surface area contributed by atoms with Crippen molar-refractivity contribution >= 4 is 0 Å². The summed E-state index contributed by atoms with van der Waals surface area (Å²) in [6.45, 7) is 8.89. The van der Waals surface area contributed by atoms with E-state index in [9.17, 15) is 0 Å². The fourth-order valence-corrected chi connectivity index (χ4v) is 2.97. The van der Waals surface area contributed by atoms with Crippen molar-refractivity contribution in [2.75, 3.05) is 13.1 Å². The molecule has 0 aromatic heterocycles. The van der Waals surface area contributed by atoms with Crippen LogP contribution in [0.15, 0.2) is 12.2 Å². The lowest BCUT2D eigenvalue weighted by Crippen LogP contribution is -2.34. The molecule has 1 saturated heterocycles. The molecule has 1 heterocycles. The largest absolute Gasteiger partial charge is 0.300 e. The standard InChI is InChI=1S/C13H23N/c1-11(2)12-8-9-14(10-12)13-6-4-3-5-7-13/h12-13H,1,3-10H2,2H3. The van der Waals surface area contributed by atoms with Gasteiger partial charge in [0.05, 0.1) is 0 Å². The van der Waals surface area contributed by atoms with E-state index in [0.29, 0.717) is 0 Å². The third-order valence-corrected chi connectivity index (χ3v) is 4.01. The van der Waals surface area contributed by atoms with Gasteiger partial charge in [0.1, 0.15) is 0 Å². The van der Waals surface area contributed by atoms with Crippen molar-refractivity contribution in [1.82, 2.24) is 4.90 Å². The lowest BCUT2D eigenvalue weighted by Gasteiger charge is -2.31. The molecule has 1 saturated carbocycles. The van der Waals surface area contributed by atoms with Crippen molar-refractivity contribution in [2.24, 2.45) is 5.92 Å². The van der Waals surface area contributed by atoms with E-state index in [1.54, 1.807) is 0 Å². The average molecular weight is 193 g/mol. The molecule has 0 radical (unpaired) electrons. The Bertz CT molecular complexity index is 203. The summed E-state index contributed by atoms with van der Waals surface area (Å²) in [4.78, 5) is 2.72. The molecular weight excluding hydrogens is 170 g/mol. The highest BCUT2D eigenvalue weighted by Crippen LogP contribution is 2.29. The fourth-order valence-electron chi connectivity index (χ4n) is 2.97. The number of nitrogens with zero attached hydrogens (tertiary/aromatic N) is 1. The minimum absolute atomic E-state index is 0.789. The lowest BCUT2D eigenvalue weighted by molar-refractivity contribution is 0.187. The summed E-state index contributed by atoms with van der Waals surface area (Å²) in [5.74, 6) is 0.789. The van der Waals surface area contributed by atoms with Crippen LogP contribution in [0.2, 0.25) is 0 Å². The van der Waals surface area contributed by atoms with Crippen molar-refractivity contribution in [3.8, 4) is 0 Å². The van der Waals surface area contributed by atoms with Gasteiger partial charge in [-0.3, -0.25) is 4.90 Å². The topological polar surface area (TPSA) is 3.24 Å². The van der Waals surface area contributed by atoms with Crippen molar-refractivity contribution < 1.29 is 0 Å². The monoisotopic (exact) mass is 193 g/mol. The Morgan fingerprint density at radius 3 is 2.43 bits per heavy atom. The van der Waals surface area contributed by atoms with Crippen molar-refractivity contribution in [1.29, 1.82) is 0 Å². The van der Waals surface area contributed by atoms with Crippen LogP contribution in [-0.2, 0) is 0 Å². The van der Waals surface area contributed by atoms with Gasteiger partial charge in [0.25, 0.3) is 0 Å². The van der Waals surface area contributed by atoms with E-state index in [4.69, 9.17) is 0 Å².